The molecular weight excluding hydrogens is 274 g/mol. The largest absolute Gasteiger partial charge is 0.468 e. The predicted octanol–water partition coefficient (Wildman–Crippen LogP) is 2.25. The van der Waals surface area contributed by atoms with Gasteiger partial charge in [0, 0.05) is 12.6 Å². The van der Waals surface area contributed by atoms with Crippen molar-refractivity contribution >= 4 is 33.5 Å². The molecule has 1 unspecified atom stereocenters. The van der Waals surface area contributed by atoms with Gasteiger partial charge in [-0.2, -0.15) is 0 Å². The van der Waals surface area contributed by atoms with Crippen LogP contribution in [0.15, 0.2) is 24.3 Å². The van der Waals surface area contributed by atoms with Crippen molar-refractivity contribution in [3.8, 4) is 0 Å². The highest BCUT2D eigenvalue weighted by Crippen LogP contribution is 2.25. The summed E-state index contributed by atoms with van der Waals surface area (Å²) < 4.78 is 4.61. The number of benzene rings is 1. The molecule has 1 aromatic carbocycles. The Morgan fingerprint density at radius 2 is 1.88 bits per heavy atom. The van der Waals surface area contributed by atoms with Crippen LogP contribution >= 0.6 is 15.9 Å². The van der Waals surface area contributed by atoms with Crippen LogP contribution in [0.4, 0.5) is 5.69 Å². The molecule has 1 amide bonds. The minimum atomic E-state index is -0.483. The number of carbonyl (C=O) groups excluding carboxylic acids is 2. The number of ether oxygens (including phenoxy) is 1. The first-order valence-electron chi connectivity index (χ1n) is 4.64. The quantitative estimate of drug-likeness (QED) is 0.685. The number of alkyl halides is 1. The lowest BCUT2D eigenvalue weighted by Crippen LogP contribution is -2.09. The van der Waals surface area contributed by atoms with E-state index in [1.54, 1.807) is 24.3 Å². The number of halogens is 1. The van der Waals surface area contributed by atoms with E-state index in [1.807, 2.05) is 0 Å². The zero-order valence-electron chi connectivity index (χ0n) is 8.99. The lowest BCUT2D eigenvalue weighted by molar-refractivity contribution is -0.139. The van der Waals surface area contributed by atoms with Gasteiger partial charge in [-0.25, -0.2) is 0 Å². The summed E-state index contributed by atoms with van der Waals surface area (Å²) in [5.74, 6) is -0.483. The van der Waals surface area contributed by atoms with Crippen molar-refractivity contribution < 1.29 is 14.3 Å². The molecule has 0 fully saturated rings. The fourth-order valence-corrected chi connectivity index (χ4v) is 1.67. The molecule has 0 aliphatic rings. The molecule has 0 aliphatic heterocycles. The van der Waals surface area contributed by atoms with E-state index in [-0.39, 0.29) is 11.9 Å². The van der Waals surface area contributed by atoms with Crippen LogP contribution < -0.4 is 5.32 Å². The Kier molecular flexibility index (Phi) is 4.49. The smallest absolute Gasteiger partial charge is 0.323 e. The van der Waals surface area contributed by atoms with E-state index in [0.29, 0.717) is 5.69 Å². The number of amides is 1. The molecule has 0 aliphatic carbocycles. The van der Waals surface area contributed by atoms with Gasteiger partial charge in [-0.1, -0.05) is 28.1 Å². The van der Waals surface area contributed by atoms with Crippen LogP contribution in [0.2, 0.25) is 0 Å². The van der Waals surface area contributed by atoms with E-state index in [9.17, 15) is 9.59 Å². The maximum absolute atomic E-state index is 11.2. The van der Waals surface area contributed by atoms with E-state index in [1.165, 1.54) is 14.0 Å². The third-order valence-corrected chi connectivity index (χ3v) is 2.83. The highest BCUT2D eigenvalue weighted by molar-refractivity contribution is 9.09. The third kappa shape index (κ3) is 3.34. The van der Waals surface area contributed by atoms with Crippen LogP contribution in [0.3, 0.4) is 0 Å². The maximum atomic E-state index is 11.2. The predicted molar refractivity (Wildman–Crippen MR) is 64.4 cm³/mol. The van der Waals surface area contributed by atoms with Gasteiger partial charge < -0.3 is 10.1 Å². The van der Waals surface area contributed by atoms with Gasteiger partial charge in [-0.15, -0.1) is 0 Å². The lowest BCUT2D eigenvalue weighted by Gasteiger charge is -2.08. The lowest BCUT2D eigenvalue weighted by atomic mass is 10.1. The van der Waals surface area contributed by atoms with Gasteiger partial charge in [-0.3, -0.25) is 9.59 Å². The number of methoxy groups -OCH3 is 1. The zero-order chi connectivity index (χ0) is 12.1. The fourth-order valence-electron chi connectivity index (χ4n) is 1.18. The first-order valence-corrected chi connectivity index (χ1v) is 5.55. The van der Waals surface area contributed by atoms with Crippen molar-refractivity contribution in [2.45, 2.75) is 11.8 Å². The number of esters is 1. The molecule has 4 nitrogen and oxygen atoms in total. The molecule has 5 heteroatoms. The zero-order valence-corrected chi connectivity index (χ0v) is 10.6. The highest BCUT2D eigenvalue weighted by Gasteiger charge is 2.17. The Labute approximate surface area is 102 Å². The summed E-state index contributed by atoms with van der Waals surface area (Å²) >= 11 is 3.23. The molecule has 16 heavy (non-hydrogen) atoms. The molecule has 0 saturated carbocycles. The number of anilines is 1. The first kappa shape index (κ1) is 12.7. The summed E-state index contributed by atoms with van der Waals surface area (Å²) in [6.45, 7) is 1.44. The number of carbonyl (C=O) groups is 2. The van der Waals surface area contributed by atoms with Gasteiger partial charge in [0.1, 0.15) is 4.83 Å². The van der Waals surface area contributed by atoms with Crippen LogP contribution in [0.1, 0.15) is 17.3 Å². The second-order valence-corrected chi connectivity index (χ2v) is 4.10. The van der Waals surface area contributed by atoms with Crippen molar-refractivity contribution in [3.63, 3.8) is 0 Å². The minimum absolute atomic E-state index is 0.129. The van der Waals surface area contributed by atoms with Crippen molar-refractivity contribution in [3.05, 3.63) is 29.8 Å². The van der Waals surface area contributed by atoms with Crippen molar-refractivity contribution in [1.29, 1.82) is 0 Å². The van der Waals surface area contributed by atoms with E-state index >= 15 is 0 Å². The molecule has 0 spiro atoms. The van der Waals surface area contributed by atoms with Gasteiger partial charge in [-0.05, 0) is 17.7 Å². The number of nitrogens with one attached hydrogen (secondary N) is 1. The molecule has 0 saturated heterocycles. The Balaban J connectivity index is 2.78. The third-order valence-electron chi connectivity index (χ3n) is 1.93. The van der Waals surface area contributed by atoms with E-state index in [4.69, 9.17) is 0 Å². The topological polar surface area (TPSA) is 55.4 Å². The van der Waals surface area contributed by atoms with Crippen LogP contribution in [0, 0.1) is 0 Å². The van der Waals surface area contributed by atoms with Gasteiger partial charge in [0.2, 0.25) is 5.91 Å². The van der Waals surface area contributed by atoms with Crippen molar-refractivity contribution in [2.75, 3.05) is 12.4 Å². The van der Waals surface area contributed by atoms with E-state index in [0.717, 1.165) is 5.56 Å². The molecule has 86 valence electrons. The normalized spacial score (nSPS) is 11.7. The SMILES string of the molecule is COC(=O)C(Br)c1ccc(NC(C)=O)cc1. The summed E-state index contributed by atoms with van der Waals surface area (Å²) in [5, 5.41) is 2.64. The summed E-state index contributed by atoms with van der Waals surface area (Å²) in [7, 11) is 1.34. The fraction of sp³-hybridized carbons (Fsp3) is 0.273. The molecule has 0 bridgehead atoms. The summed E-state index contributed by atoms with van der Waals surface area (Å²) in [6, 6.07) is 6.96. The number of hydrogen-bond acceptors (Lipinski definition) is 3. The standard InChI is InChI=1S/C11H12BrNO3/c1-7(14)13-9-5-3-8(4-6-9)10(12)11(15)16-2/h3-6,10H,1-2H3,(H,13,14). The van der Waals surface area contributed by atoms with Gasteiger partial charge >= 0.3 is 5.97 Å². The number of hydrogen-bond donors (Lipinski definition) is 1. The van der Waals surface area contributed by atoms with Crippen molar-refractivity contribution in [2.24, 2.45) is 0 Å². The highest BCUT2D eigenvalue weighted by atomic mass is 79.9. The van der Waals surface area contributed by atoms with Crippen LogP contribution in [0.25, 0.3) is 0 Å². The molecule has 1 aromatic rings. The van der Waals surface area contributed by atoms with Crippen LogP contribution in [0.5, 0.6) is 0 Å². The van der Waals surface area contributed by atoms with Gasteiger partial charge in [0.25, 0.3) is 0 Å². The second-order valence-electron chi connectivity index (χ2n) is 3.19. The maximum Gasteiger partial charge on any atom is 0.323 e. The number of rotatable bonds is 3. The molecule has 0 aromatic heterocycles. The van der Waals surface area contributed by atoms with Gasteiger partial charge in [0.15, 0.2) is 0 Å². The minimum Gasteiger partial charge on any atom is -0.468 e. The Hall–Kier alpha value is -1.36. The average Bonchev–Trinajstić information content (AvgIpc) is 2.27. The Morgan fingerprint density at radius 3 is 2.31 bits per heavy atom. The Morgan fingerprint density at radius 1 is 1.31 bits per heavy atom. The second kappa shape index (κ2) is 5.65. The molecule has 1 N–H and O–H groups in total. The summed E-state index contributed by atoms with van der Waals surface area (Å²) in [6.07, 6.45) is 0. The molecule has 1 rings (SSSR count). The van der Waals surface area contributed by atoms with Crippen LogP contribution in [-0.4, -0.2) is 19.0 Å². The average molecular weight is 286 g/mol. The Bertz CT molecular complexity index is 389. The summed E-state index contributed by atoms with van der Waals surface area (Å²) in [4.78, 5) is 21.5. The summed E-state index contributed by atoms with van der Waals surface area (Å²) in [5.41, 5.74) is 1.47. The van der Waals surface area contributed by atoms with E-state index in [2.05, 4.69) is 26.0 Å². The molecular formula is C11H12BrNO3. The first-order chi connectivity index (χ1) is 7.54. The van der Waals surface area contributed by atoms with Crippen molar-refractivity contribution in [1.82, 2.24) is 0 Å². The monoisotopic (exact) mass is 285 g/mol. The molecule has 0 radical (unpaired) electrons. The molecule has 0 heterocycles. The molecule has 1 atom stereocenters. The van der Waals surface area contributed by atoms with Gasteiger partial charge in [0.05, 0.1) is 7.11 Å². The van der Waals surface area contributed by atoms with E-state index < -0.39 is 4.83 Å². The van der Waals surface area contributed by atoms with Crippen LogP contribution in [-0.2, 0) is 14.3 Å².